The smallest absolute Gasteiger partial charge is 0.137 e. The molecule has 0 aliphatic heterocycles. The Bertz CT molecular complexity index is 354. The molecule has 0 spiro atoms. The Hall–Kier alpha value is -1.09. The second-order valence-electron chi connectivity index (χ2n) is 4.80. The van der Waals surface area contributed by atoms with E-state index < -0.39 is 0 Å². The standard InChI is InChI=1S/C14H22N2O/c1-3-6-17-13-7-12(9-16-10-13)14-5-4-11(14)8-15-2/h7,9-11,14-15H,3-6,8H2,1-2H3. The molecule has 1 saturated carbocycles. The van der Waals surface area contributed by atoms with Crippen molar-refractivity contribution in [1.82, 2.24) is 10.3 Å². The second-order valence-corrected chi connectivity index (χ2v) is 4.80. The van der Waals surface area contributed by atoms with Gasteiger partial charge in [0, 0.05) is 6.20 Å². The van der Waals surface area contributed by atoms with Crippen molar-refractivity contribution in [2.45, 2.75) is 32.1 Å². The van der Waals surface area contributed by atoms with Crippen molar-refractivity contribution in [3.63, 3.8) is 0 Å². The van der Waals surface area contributed by atoms with Crippen LogP contribution in [0.4, 0.5) is 0 Å². The molecule has 2 unspecified atom stereocenters. The Morgan fingerprint density at radius 1 is 1.41 bits per heavy atom. The fourth-order valence-electron chi connectivity index (χ4n) is 2.45. The van der Waals surface area contributed by atoms with E-state index in [2.05, 4.69) is 23.3 Å². The lowest BCUT2D eigenvalue weighted by atomic mass is 9.70. The molecule has 17 heavy (non-hydrogen) atoms. The van der Waals surface area contributed by atoms with Gasteiger partial charge in [0.1, 0.15) is 5.75 Å². The summed E-state index contributed by atoms with van der Waals surface area (Å²) in [5, 5.41) is 3.27. The van der Waals surface area contributed by atoms with Crippen molar-refractivity contribution < 1.29 is 4.74 Å². The first-order valence-corrected chi connectivity index (χ1v) is 6.57. The Morgan fingerprint density at radius 2 is 2.29 bits per heavy atom. The van der Waals surface area contributed by atoms with E-state index in [1.165, 1.54) is 18.4 Å². The zero-order valence-electron chi connectivity index (χ0n) is 10.8. The molecule has 1 heterocycles. The highest BCUT2D eigenvalue weighted by Gasteiger charge is 2.31. The molecule has 3 nitrogen and oxygen atoms in total. The summed E-state index contributed by atoms with van der Waals surface area (Å²) in [5.74, 6) is 2.35. The third kappa shape index (κ3) is 2.97. The minimum atomic E-state index is 0.667. The van der Waals surface area contributed by atoms with Crippen LogP contribution in [0, 0.1) is 5.92 Å². The predicted octanol–water partition coefficient (Wildman–Crippen LogP) is 2.58. The molecule has 1 N–H and O–H groups in total. The van der Waals surface area contributed by atoms with Crippen molar-refractivity contribution in [1.29, 1.82) is 0 Å². The Kier molecular flexibility index (Phi) is 4.37. The van der Waals surface area contributed by atoms with Gasteiger partial charge in [-0.15, -0.1) is 0 Å². The van der Waals surface area contributed by atoms with Crippen LogP contribution in [0.25, 0.3) is 0 Å². The van der Waals surface area contributed by atoms with Gasteiger partial charge in [0.25, 0.3) is 0 Å². The number of hydrogen-bond donors (Lipinski definition) is 1. The molecule has 3 heteroatoms. The number of pyridine rings is 1. The zero-order valence-corrected chi connectivity index (χ0v) is 10.8. The maximum absolute atomic E-state index is 5.63. The highest BCUT2D eigenvalue weighted by atomic mass is 16.5. The van der Waals surface area contributed by atoms with Crippen LogP contribution < -0.4 is 10.1 Å². The topological polar surface area (TPSA) is 34.1 Å². The molecule has 0 amide bonds. The van der Waals surface area contributed by atoms with Crippen LogP contribution in [-0.4, -0.2) is 25.2 Å². The predicted molar refractivity (Wildman–Crippen MR) is 69.4 cm³/mol. The fourth-order valence-corrected chi connectivity index (χ4v) is 2.45. The molecular formula is C14H22N2O. The summed E-state index contributed by atoms with van der Waals surface area (Å²) in [7, 11) is 2.02. The SMILES string of the molecule is CCCOc1cncc(C2CCC2CNC)c1. The normalized spacial score (nSPS) is 23.2. The van der Waals surface area contributed by atoms with E-state index in [0.29, 0.717) is 5.92 Å². The van der Waals surface area contributed by atoms with Crippen LogP contribution in [0.2, 0.25) is 0 Å². The largest absolute Gasteiger partial charge is 0.492 e. The summed E-state index contributed by atoms with van der Waals surface area (Å²) in [5.41, 5.74) is 1.34. The quantitative estimate of drug-likeness (QED) is 0.821. The van der Waals surface area contributed by atoms with E-state index in [0.717, 1.165) is 31.2 Å². The maximum atomic E-state index is 5.63. The molecule has 1 aromatic heterocycles. The van der Waals surface area contributed by atoms with Gasteiger partial charge in [-0.05, 0) is 56.3 Å². The number of aromatic nitrogens is 1. The van der Waals surface area contributed by atoms with Crippen molar-refractivity contribution in [2.24, 2.45) is 5.92 Å². The summed E-state index contributed by atoms with van der Waals surface area (Å²) >= 11 is 0. The highest BCUT2D eigenvalue weighted by Crippen LogP contribution is 2.42. The van der Waals surface area contributed by atoms with Crippen molar-refractivity contribution in [2.75, 3.05) is 20.2 Å². The van der Waals surface area contributed by atoms with Gasteiger partial charge in [-0.3, -0.25) is 4.98 Å². The average molecular weight is 234 g/mol. The minimum absolute atomic E-state index is 0.667. The molecule has 1 aliphatic rings. The summed E-state index contributed by atoms with van der Waals surface area (Å²) < 4.78 is 5.63. The zero-order chi connectivity index (χ0) is 12.1. The highest BCUT2D eigenvalue weighted by molar-refractivity contribution is 5.28. The van der Waals surface area contributed by atoms with Crippen LogP contribution in [0.15, 0.2) is 18.5 Å². The molecule has 1 fully saturated rings. The average Bonchev–Trinajstić information content (AvgIpc) is 2.32. The Balaban J connectivity index is 2.00. The summed E-state index contributed by atoms with van der Waals surface area (Å²) in [6.07, 6.45) is 7.45. The van der Waals surface area contributed by atoms with Crippen molar-refractivity contribution in [3.05, 3.63) is 24.0 Å². The van der Waals surface area contributed by atoms with Gasteiger partial charge < -0.3 is 10.1 Å². The van der Waals surface area contributed by atoms with Gasteiger partial charge >= 0.3 is 0 Å². The van der Waals surface area contributed by atoms with Gasteiger partial charge in [0.15, 0.2) is 0 Å². The number of hydrogen-bond acceptors (Lipinski definition) is 3. The van der Waals surface area contributed by atoms with E-state index in [-0.39, 0.29) is 0 Å². The third-order valence-corrected chi connectivity index (χ3v) is 3.52. The lowest BCUT2D eigenvalue weighted by molar-refractivity contribution is 0.248. The van der Waals surface area contributed by atoms with Gasteiger partial charge in [-0.2, -0.15) is 0 Å². The summed E-state index contributed by atoms with van der Waals surface area (Å²) in [6.45, 7) is 3.99. The van der Waals surface area contributed by atoms with Crippen LogP contribution in [-0.2, 0) is 0 Å². The van der Waals surface area contributed by atoms with Crippen molar-refractivity contribution in [3.8, 4) is 5.75 Å². The number of ether oxygens (including phenoxy) is 1. The van der Waals surface area contributed by atoms with Crippen LogP contribution in [0.5, 0.6) is 5.75 Å². The van der Waals surface area contributed by atoms with Crippen LogP contribution >= 0.6 is 0 Å². The number of rotatable bonds is 6. The molecule has 0 bridgehead atoms. The minimum Gasteiger partial charge on any atom is -0.492 e. The van der Waals surface area contributed by atoms with E-state index >= 15 is 0 Å². The van der Waals surface area contributed by atoms with Crippen LogP contribution in [0.1, 0.15) is 37.7 Å². The first-order valence-electron chi connectivity index (χ1n) is 6.57. The third-order valence-electron chi connectivity index (χ3n) is 3.52. The molecule has 2 atom stereocenters. The monoisotopic (exact) mass is 234 g/mol. The molecule has 0 radical (unpaired) electrons. The number of nitrogens with one attached hydrogen (secondary N) is 1. The molecule has 0 aromatic carbocycles. The lowest BCUT2D eigenvalue weighted by Gasteiger charge is -2.36. The van der Waals surface area contributed by atoms with Gasteiger partial charge in [0.05, 0.1) is 12.8 Å². The van der Waals surface area contributed by atoms with E-state index in [1.54, 1.807) is 0 Å². The summed E-state index contributed by atoms with van der Waals surface area (Å²) in [4.78, 5) is 4.29. The number of nitrogens with zero attached hydrogens (tertiary/aromatic N) is 1. The molecule has 94 valence electrons. The van der Waals surface area contributed by atoms with Gasteiger partial charge in [0.2, 0.25) is 0 Å². The summed E-state index contributed by atoms with van der Waals surface area (Å²) in [6, 6.07) is 2.16. The Morgan fingerprint density at radius 3 is 2.94 bits per heavy atom. The first kappa shape index (κ1) is 12.4. The van der Waals surface area contributed by atoms with E-state index in [9.17, 15) is 0 Å². The van der Waals surface area contributed by atoms with Gasteiger partial charge in [-0.25, -0.2) is 0 Å². The molecule has 1 aromatic rings. The van der Waals surface area contributed by atoms with Crippen LogP contribution in [0.3, 0.4) is 0 Å². The molecule has 1 aliphatic carbocycles. The van der Waals surface area contributed by atoms with E-state index in [4.69, 9.17) is 4.74 Å². The first-order chi connectivity index (χ1) is 8.35. The second kappa shape index (κ2) is 6.01. The fraction of sp³-hybridized carbons (Fsp3) is 0.643. The lowest BCUT2D eigenvalue weighted by Crippen LogP contribution is -2.32. The molecule has 2 rings (SSSR count). The van der Waals surface area contributed by atoms with E-state index in [1.807, 2.05) is 19.4 Å². The maximum Gasteiger partial charge on any atom is 0.137 e. The molecular weight excluding hydrogens is 212 g/mol. The van der Waals surface area contributed by atoms with Crippen molar-refractivity contribution >= 4 is 0 Å². The Labute approximate surface area is 104 Å². The molecule has 0 saturated heterocycles. The van der Waals surface area contributed by atoms with Gasteiger partial charge in [-0.1, -0.05) is 6.92 Å².